The Bertz CT molecular complexity index is 397. The molecule has 4 nitrogen and oxygen atoms in total. The third-order valence-corrected chi connectivity index (χ3v) is 5.01. The van der Waals surface area contributed by atoms with Gasteiger partial charge in [-0.25, -0.2) is 5.01 Å². The molecule has 0 N–H and O–H groups in total. The lowest BCUT2D eigenvalue weighted by Gasteiger charge is -2.32. The molecule has 0 radical (unpaired) electrons. The van der Waals surface area contributed by atoms with Crippen LogP contribution in [-0.2, 0) is 9.53 Å². The van der Waals surface area contributed by atoms with Gasteiger partial charge in [0.1, 0.15) is 0 Å². The molecule has 4 heteroatoms. The number of hydrogen-bond acceptors (Lipinski definition) is 3. The molecule has 2 aliphatic heterocycles. The van der Waals surface area contributed by atoms with E-state index in [4.69, 9.17) is 9.84 Å². The highest BCUT2D eigenvalue weighted by molar-refractivity contribution is 6.06. The second-order valence-electron chi connectivity index (χ2n) is 6.79. The predicted molar refractivity (Wildman–Crippen MR) is 73.9 cm³/mol. The van der Waals surface area contributed by atoms with Crippen molar-refractivity contribution in [3.8, 4) is 0 Å². The summed E-state index contributed by atoms with van der Waals surface area (Å²) in [5, 5.41) is 6.53. The zero-order valence-corrected chi connectivity index (χ0v) is 12.0. The van der Waals surface area contributed by atoms with Crippen LogP contribution in [0.3, 0.4) is 0 Å². The van der Waals surface area contributed by atoms with Gasteiger partial charge in [0.15, 0.2) is 0 Å². The lowest BCUT2D eigenvalue weighted by Crippen LogP contribution is -2.40. The fraction of sp³-hybridized carbons (Fsp3) is 0.867. The van der Waals surface area contributed by atoms with Crippen molar-refractivity contribution in [2.24, 2.45) is 16.4 Å². The lowest BCUT2D eigenvalue weighted by atomic mass is 9.87. The van der Waals surface area contributed by atoms with Gasteiger partial charge in [-0.15, -0.1) is 0 Å². The molecule has 1 amide bonds. The maximum Gasteiger partial charge on any atom is 0.248 e. The highest BCUT2D eigenvalue weighted by Gasteiger charge is 2.43. The Morgan fingerprint density at radius 3 is 2.63 bits per heavy atom. The van der Waals surface area contributed by atoms with Crippen LogP contribution in [-0.4, -0.2) is 35.9 Å². The van der Waals surface area contributed by atoms with Gasteiger partial charge >= 0.3 is 0 Å². The SMILES string of the molecule is CC1(C)CCCC1N1N=C(C2CCOCC2)CC1=O. The van der Waals surface area contributed by atoms with Crippen molar-refractivity contribution in [3.63, 3.8) is 0 Å². The van der Waals surface area contributed by atoms with Crippen molar-refractivity contribution < 1.29 is 9.53 Å². The second kappa shape index (κ2) is 4.89. The molecule has 2 fully saturated rings. The number of hydrogen-bond donors (Lipinski definition) is 0. The fourth-order valence-electron chi connectivity index (χ4n) is 3.73. The first-order chi connectivity index (χ1) is 9.08. The van der Waals surface area contributed by atoms with Crippen molar-refractivity contribution in [3.05, 3.63) is 0 Å². The van der Waals surface area contributed by atoms with E-state index in [1.165, 1.54) is 12.8 Å². The van der Waals surface area contributed by atoms with Gasteiger partial charge in [0.25, 0.3) is 0 Å². The molecule has 0 aromatic heterocycles. The molecule has 0 bridgehead atoms. The Morgan fingerprint density at radius 1 is 1.26 bits per heavy atom. The number of ether oxygens (including phenoxy) is 1. The summed E-state index contributed by atoms with van der Waals surface area (Å²) < 4.78 is 5.39. The fourth-order valence-corrected chi connectivity index (χ4v) is 3.73. The predicted octanol–water partition coefficient (Wildman–Crippen LogP) is 2.58. The number of hydrazone groups is 1. The van der Waals surface area contributed by atoms with Gasteiger partial charge in [-0.1, -0.05) is 20.3 Å². The molecular weight excluding hydrogens is 240 g/mol. The number of nitrogens with zero attached hydrogens (tertiary/aromatic N) is 2. The topological polar surface area (TPSA) is 41.9 Å². The highest BCUT2D eigenvalue weighted by Crippen LogP contribution is 2.42. The zero-order chi connectivity index (χ0) is 13.5. The van der Waals surface area contributed by atoms with Crippen LogP contribution in [0.2, 0.25) is 0 Å². The summed E-state index contributed by atoms with van der Waals surface area (Å²) in [7, 11) is 0. The van der Waals surface area contributed by atoms with Crippen molar-refractivity contribution in [2.45, 2.75) is 58.4 Å². The standard InChI is InChI=1S/C15H24N2O2/c1-15(2)7-3-4-13(15)17-14(18)10-12(16-17)11-5-8-19-9-6-11/h11,13H,3-10H2,1-2H3. The number of carbonyl (C=O) groups excluding carboxylic acids is 1. The summed E-state index contributed by atoms with van der Waals surface area (Å²) in [6.07, 6.45) is 6.09. The first-order valence-corrected chi connectivity index (χ1v) is 7.55. The second-order valence-corrected chi connectivity index (χ2v) is 6.79. The van der Waals surface area contributed by atoms with Gasteiger partial charge in [-0.3, -0.25) is 4.79 Å². The summed E-state index contributed by atoms with van der Waals surface area (Å²) in [6, 6.07) is 0.303. The first-order valence-electron chi connectivity index (χ1n) is 7.55. The van der Waals surface area contributed by atoms with Crippen LogP contribution in [0.1, 0.15) is 52.4 Å². The number of rotatable bonds is 2. The van der Waals surface area contributed by atoms with Crippen LogP contribution in [0, 0.1) is 11.3 Å². The van der Waals surface area contributed by atoms with E-state index < -0.39 is 0 Å². The molecule has 0 spiro atoms. The van der Waals surface area contributed by atoms with E-state index in [1.807, 2.05) is 5.01 Å². The largest absolute Gasteiger partial charge is 0.381 e. The molecule has 2 heterocycles. The van der Waals surface area contributed by atoms with E-state index in [1.54, 1.807) is 0 Å². The van der Waals surface area contributed by atoms with E-state index >= 15 is 0 Å². The minimum atomic E-state index is 0.210. The molecule has 1 unspecified atom stereocenters. The first kappa shape index (κ1) is 13.1. The maximum atomic E-state index is 12.3. The van der Waals surface area contributed by atoms with Gasteiger partial charge in [0, 0.05) is 19.1 Å². The molecule has 0 aromatic rings. The summed E-state index contributed by atoms with van der Waals surface area (Å²) in [4.78, 5) is 12.3. The van der Waals surface area contributed by atoms with Gasteiger partial charge < -0.3 is 4.74 Å². The van der Waals surface area contributed by atoms with Gasteiger partial charge in [0.05, 0.1) is 18.2 Å². The van der Waals surface area contributed by atoms with E-state index in [-0.39, 0.29) is 11.3 Å². The van der Waals surface area contributed by atoms with Crippen molar-refractivity contribution in [2.75, 3.05) is 13.2 Å². The molecule has 19 heavy (non-hydrogen) atoms. The van der Waals surface area contributed by atoms with E-state index in [0.29, 0.717) is 18.4 Å². The maximum absolute atomic E-state index is 12.3. The Labute approximate surface area is 115 Å². The molecule has 3 rings (SSSR count). The lowest BCUT2D eigenvalue weighted by molar-refractivity contribution is -0.132. The van der Waals surface area contributed by atoms with E-state index in [2.05, 4.69) is 13.8 Å². The summed E-state index contributed by atoms with van der Waals surface area (Å²) >= 11 is 0. The quantitative estimate of drug-likeness (QED) is 0.769. The molecule has 106 valence electrons. The zero-order valence-electron chi connectivity index (χ0n) is 12.0. The Kier molecular flexibility index (Phi) is 3.37. The van der Waals surface area contributed by atoms with Gasteiger partial charge in [-0.05, 0) is 31.1 Å². The third-order valence-electron chi connectivity index (χ3n) is 5.01. The van der Waals surface area contributed by atoms with Crippen LogP contribution in [0.4, 0.5) is 0 Å². The third kappa shape index (κ3) is 2.42. The molecule has 1 saturated heterocycles. The average molecular weight is 264 g/mol. The van der Waals surface area contributed by atoms with E-state index in [9.17, 15) is 4.79 Å². The molecule has 3 aliphatic rings. The van der Waals surface area contributed by atoms with Gasteiger partial charge in [-0.2, -0.15) is 5.10 Å². The van der Waals surface area contributed by atoms with Crippen LogP contribution in [0.15, 0.2) is 5.10 Å². The van der Waals surface area contributed by atoms with E-state index in [0.717, 1.165) is 38.2 Å². The molecular formula is C15H24N2O2. The number of amides is 1. The molecule has 1 aliphatic carbocycles. The normalized spacial score (nSPS) is 31.9. The van der Waals surface area contributed by atoms with Crippen LogP contribution >= 0.6 is 0 Å². The number of carbonyl (C=O) groups is 1. The average Bonchev–Trinajstić information content (AvgIpc) is 2.93. The summed E-state index contributed by atoms with van der Waals surface area (Å²) in [6.45, 7) is 6.15. The van der Waals surface area contributed by atoms with Crippen molar-refractivity contribution in [1.29, 1.82) is 0 Å². The minimum absolute atomic E-state index is 0.210. The Balaban J connectivity index is 1.75. The van der Waals surface area contributed by atoms with Crippen molar-refractivity contribution in [1.82, 2.24) is 5.01 Å². The summed E-state index contributed by atoms with van der Waals surface area (Å²) in [5.41, 5.74) is 1.32. The van der Waals surface area contributed by atoms with Crippen LogP contribution in [0.25, 0.3) is 0 Å². The van der Waals surface area contributed by atoms with Crippen LogP contribution < -0.4 is 0 Å². The minimum Gasteiger partial charge on any atom is -0.381 e. The Morgan fingerprint density at radius 2 is 2.00 bits per heavy atom. The van der Waals surface area contributed by atoms with Gasteiger partial charge in [0.2, 0.25) is 5.91 Å². The monoisotopic (exact) mass is 264 g/mol. The smallest absolute Gasteiger partial charge is 0.248 e. The Hall–Kier alpha value is -0.900. The summed E-state index contributed by atoms with van der Waals surface area (Å²) in [5.74, 6) is 0.675. The van der Waals surface area contributed by atoms with Crippen LogP contribution in [0.5, 0.6) is 0 Å². The molecule has 1 saturated carbocycles. The molecule has 1 atom stereocenters. The highest BCUT2D eigenvalue weighted by atomic mass is 16.5. The van der Waals surface area contributed by atoms with Crippen molar-refractivity contribution >= 4 is 11.6 Å². The molecule has 0 aromatic carbocycles.